The standard InChI is InChI=1S/C25H50N2O/c1-4-5-6-7-8-9-10-11-12-13-14-15-16-17-18-19-20-24(25(2,3)28)27-22-21-26-23-27/h23-24,28H,4-22H2,1-3H3. The highest BCUT2D eigenvalue weighted by atomic mass is 16.3. The third-order valence-corrected chi connectivity index (χ3v) is 6.26. The molecule has 0 aromatic rings. The second-order valence-electron chi connectivity index (χ2n) is 9.52. The number of hydrogen-bond donors (Lipinski definition) is 1. The lowest BCUT2D eigenvalue weighted by molar-refractivity contribution is 0.00390. The first-order valence-electron chi connectivity index (χ1n) is 12.5. The summed E-state index contributed by atoms with van der Waals surface area (Å²) in [4.78, 5) is 6.55. The van der Waals surface area contributed by atoms with E-state index in [1.807, 2.05) is 20.2 Å². The van der Waals surface area contributed by atoms with Gasteiger partial charge in [0.15, 0.2) is 0 Å². The van der Waals surface area contributed by atoms with Crippen LogP contribution in [0.2, 0.25) is 0 Å². The van der Waals surface area contributed by atoms with Gasteiger partial charge in [0, 0.05) is 6.54 Å². The van der Waals surface area contributed by atoms with E-state index in [1.54, 1.807) is 0 Å². The molecule has 0 aromatic carbocycles. The monoisotopic (exact) mass is 394 g/mol. The first-order chi connectivity index (χ1) is 13.6. The van der Waals surface area contributed by atoms with E-state index in [0.29, 0.717) is 0 Å². The molecule has 0 fully saturated rings. The zero-order valence-corrected chi connectivity index (χ0v) is 19.4. The quantitative estimate of drug-likeness (QED) is 0.237. The van der Waals surface area contributed by atoms with Crippen molar-refractivity contribution < 1.29 is 5.11 Å². The number of rotatable bonds is 19. The van der Waals surface area contributed by atoms with Crippen LogP contribution in [0.5, 0.6) is 0 Å². The van der Waals surface area contributed by atoms with Crippen molar-refractivity contribution in [3.63, 3.8) is 0 Å². The Morgan fingerprint density at radius 1 is 0.786 bits per heavy atom. The van der Waals surface area contributed by atoms with Crippen LogP contribution in [-0.4, -0.2) is 41.1 Å². The molecule has 0 aliphatic carbocycles. The van der Waals surface area contributed by atoms with Crippen molar-refractivity contribution in [3.05, 3.63) is 0 Å². The molecule has 3 nitrogen and oxygen atoms in total. The van der Waals surface area contributed by atoms with Gasteiger partial charge in [-0.1, -0.05) is 110 Å². The molecule has 0 amide bonds. The largest absolute Gasteiger partial charge is 0.388 e. The molecule has 166 valence electrons. The Morgan fingerprint density at radius 3 is 1.57 bits per heavy atom. The third-order valence-electron chi connectivity index (χ3n) is 6.26. The highest BCUT2D eigenvalue weighted by molar-refractivity contribution is 5.57. The summed E-state index contributed by atoms with van der Waals surface area (Å²) in [6, 6.07) is 0.213. The smallest absolute Gasteiger partial charge is 0.0854 e. The third kappa shape index (κ3) is 12.8. The molecule has 1 N–H and O–H groups in total. The molecule has 3 heteroatoms. The van der Waals surface area contributed by atoms with Crippen LogP contribution in [0.4, 0.5) is 0 Å². The highest BCUT2D eigenvalue weighted by Gasteiger charge is 2.31. The molecule has 0 bridgehead atoms. The molecule has 1 aliphatic heterocycles. The predicted molar refractivity (Wildman–Crippen MR) is 124 cm³/mol. The van der Waals surface area contributed by atoms with Gasteiger partial charge in [-0.25, -0.2) is 0 Å². The summed E-state index contributed by atoms with van der Waals surface area (Å²) in [5.74, 6) is 0. The van der Waals surface area contributed by atoms with Gasteiger partial charge < -0.3 is 10.0 Å². The molecule has 28 heavy (non-hydrogen) atoms. The predicted octanol–water partition coefficient (Wildman–Crippen LogP) is 7.12. The minimum absolute atomic E-state index is 0.213. The molecule has 1 rings (SSSR count). The first kappa shape index (κ1) is 25.5. The summed E-state index contributed by atoms with van der Waals surface area (Å²) < 4.78 is 0. The van der Waals surface area contributed by atoms with Gasteiger partial charge in [-0.05, 0) is 20.3 Å². The maximum atomic E-state index is 10.5. The first-order valence-corrected chi connectivity index (χ1v) is 12.5. The van der Waals surface area contributed by atoms with Crippen molar-refractivity contribution in [1.29, 1.82) is 0 Å². The van der Waals surface area contributed by atoms with Crippen LogP contribution in [0.15, 0.2) is 4.99 Å². The Labute approximate surface area is 176 Å². The van der Waals surface area contributed by atoms with Crippen LogP contribution in [0.3, 0.4) is 0 Å². The normalized spacial score (nSPS) is 15.5. The number of aliphatic hydroxyl groups is 1. The van der Waals surface area contributed by atoms with E-state index in [2.05, 4.69) is 16.8 Å². The van der Waals surface area contributed by atoms with Crippen molar-refractivity contribution in [2.75, 3.05) is 13.1 Å². The van der Waals surface area contributed by atoms with E-state index in [9.17, 15) is 5.11 Å². The van der Waals surface area contributed by atoms with Crippen molar-refractivity contribution in [3.8, 4) is 0 Å². The molecule has 0 saturated heterocycles. The molecule has 1 aliphatic rings. The summed E-state index contributed by atoms with van der Waals surface area (Å²) in [6.45, 7) is 8.02. The van der Waals surface area contributed by atoms with Crippen LogP contribution in [-0.2, 0) is 0 Å². The van der Waals surface area contributed by atoms with Crippen molar-refractivity contribution >= 4 is 6.34 Å². The molecule has 0 radical (unpaired) electrons. The molecule has 1 unspecified atom stereocenters. The minimum atomic E-state index is -0.647. The molecule has 0 aromatic heterocycles. The Balaban J connectivity index is 1.86. The highest BCUT2D eigenvalue weighted by Crippen LogP contribution is 2.22. The van der Waals surface area contributed by atoms with Gasteiger partial charge in [-0.15, -0.1) is 0 Å². The van der Waals surface area contributed by atoms with Crippen molar-refractivity contribution in [2.24, 2.45) is 4.99 Å². The average molecular weight is 395 g/mol. The van der Waals surface area contributed by atoms with Gasteiger partial charge in [0.05, 0.1) is 24.5 Å². The van der Waals surface area contributed by atoms with E-state index < -0.39 is 5.60 Å². The number of nitrogens with zero attached hydrogens (tertiary/aromatic N) is 2. The zero-order valence-electron chi connectivity index (χ0n) is 19.4. The maximum Gasteiger partial charge on any atom is 0.0854 e. The fourth-order valence-electron chi connectivity index (χ4n) is 4.44. The van der Waals surface area contributed by atoms with E-state index in [4.69, 9.17) is 0 Å². The second-order valence-corrected chi connectivity index (χ2v) is 9.52. The van der Waals surface area contributed by atoms with Crippen molar-refractivity contribution in [1.82, 2.24) is 4.90 Å². The Hall–Kier alpha value is -0.570. The van der Waals surface area contributed by atoms with Crippen LogP contribution in [0, 0.1) is 0 Å². The summed E-state index contributed by atoms with van der Waals surface area (Å²) in [6.07, 6.45) is 25.5. The van der Waals surface area contributed by atoms with Gasteiger partial charge in [-0.3, -0.25) is 4.99 Å². The van der Waals surface area contributed by atoms with Gasteiger partial charge >= 0.3 is 0 Å². The molecule has 0 spiro atoms. The lowest BCUT2D eigenvalue weighted by Gasteiger charge is -2.36. The number of unbranched alkanes of at least 4 members (excludes halogenated alkanes) is 15. The summed E-state index contributed by atoms with van der Waals surface area (Å²) in [5, 5.41) is 10.5. The topological polar surface area (TPSA) is 35.8 Å². The lowest BCUT2D eigenvalue weighted by Crippen LogP contribution is -2.48. The number of hydrogen-bond acceptors (Lipinski definition) is 3. The lowest BCUT2D eigenvalue weighted by atomic mass is 9.92. The SMILES string of the molecule is CCCCCCCCCCCCCCCCCCC(N1C=NCC1)C(C)(C)O. The second kappa shape index (κ2) is 16.3. The van der Waals surface area contributed by atoms with E-state index >= 15 is 0 Å². The van der Waals surface area contributed by atoms with Crippen LogP contribution >= 0.6 is 0 Å². The molecule has 1 heterocycles. The maximum absolute atomic E-state index is 10.5. The zero-order chi connectivity index (χ0) is 20.5. The summed E-state index contributed by atoms with van der Waals surface area (Å²) in [5.41, 5.74) is -0.647. The van der Waals surface area contributed by atoms with Crippen molar-refractivity contribution in [2.45, 2.75) is 142 Å². The van der Waals surface area contributed by atoms with Gasteiger partial charge in [0.2, 0.25) is 0 Å². The van der Waals surface area contributed by atoms with E-state index in [-0.39, 0.29) is 6.04 Å². The van der Waals surface area contributed by atoms with Gasteiger partial charge in [0.25, 0.3) is 0 Å². The Kier molecular flexibility index (Phi) is 14.8. The molecule has 1 atom stereocenters. The van der Waals surface area contributed by atoms with Crippen LogP contribution < -0.4 is 0 Å². The Morgan fingerprint density at radius 2 is 1.21 bits per heavy atom. The van der Waals surface area contributed by atoms with Crippen LogP contribution in [0.25, 0.3) is 0 Å². The molecular weight excluding hydrogens is 344 g/mol. The van der Waals surface area contributed by atoms with E-state index in [1.165, 1.54) is 103 Å². The van der Waals surface area contributed by atoms with Crippen LogP contribution in [0.1, 0.15) is 130 Å². The number of aliphatic imine (C=N–C) groups is 1. The fourth-order valence-corrected chi connectivity index (χ4v) is 4.44. The fraction of sp³-hybridized carbons (Fsp3) is 0.960. The molecular formula is C25H50N2O. The average Bonchev–Trinajstić information content (AvgIpc) is 3.17. The van der Waals surface area contributed by atoms with Gasteiger partial charge in [0.1, 0.15) is 0 Å². The van der Waals surface area contributed by atoms with Gasteiger partial charge in [-0.2, -0.15) is 0 Å². The van der Waals surface area contributed by atoms with E-state index in [0.717, 1.165) is 19.5 Å². The summed E-state index contributed by atoms with van der Waals surface area (Å²) in [7, 11) is 0. The minimum Gasteiger partial charge on any atom is -0.388 e. The summed E-state index contributed by atoms with van der Waals surface area (Å²) >= 11 is 0. The molecule has 0 saturated carbocycles. The Bertz CT molecular complexity index is 375.